The molecule has 0 spiro atoms. The molecule has 2 heterocycles. The van der Waals surface area contributed by atoms with Crippen LogP contribution in [-0.4, -0.2) is 27.4 Å². The average molecular weight is 327 g/mol. The van der Waals surface area contributed by atoms with Crippen molar-refractivity contribution < 1.29 is 4.79 Å². The Bertz CT molecular complexity index is 878. The molecule has 0 saturated carbocycles. The number of carbonyl (C=O) groups excluding carboxylic acids is 1. The van der Waals surface area contributed by atoms with Crippen molar-refractivity contribution in [2.75, 3.05) is 7.05 Å². The molecular weight excluding hydrogens is 306 g/mol. The summed E-state index contributed by atoms with van der Waals surface area (Å²) in [5.74, 6) is 0.0150. The van der Waals surface area contributed by atoms with Gasteiger partial charge in [0.05, 0.1) is 16.7 Å². The van der Waals surface area contributed by atoms with Gasteiger partial charge in [-0.25, -0.2) is 4.98 Å². The topological polar surface area (TPSA) is 38.1 Å². The number of rotatable bonds is 3. The van der Waals surface area contributed by atoms with Gasteiger partial charge in [-0.05, 0) is 32.9 Å². The lowest BCUT2D eigenvalue weighted by Gasteiger charge is -2.24. The average Bonchev–Trinajstić information content (AvgIpc) is 3.05. The molecule has 4 nitrogen and oxygen atoms in total. The van der Waals surface area contributed by atoms with E-state index in [1.165, 1.54) is 4.88 Å². The molecular formula is C18H21N3OS. The maximum Gasteiger partial charge on any atom is 0.270 e. The summed E-state index contributed by atoms with van der Waals surface area (Å²) in [5.41, 5.74) is 2.75. The fourth-order valence-electron chi connectivity index (χ4n) is 2.97. The number of hydrogen-bond acceptors (Lipinski definition) is 3. The van der Waals surface area contributed by atoms with Crippen LogP contribution in [0.4, 0.5) is 0 Å². The molecule has 0 fully saturated rings. The molecule has 0 aliphatic rings. The van der Waals surface area contributed by atoms with Gasteiger partial charge in [-0.1, -0.05) is 18.2 Å². The third-order valence-corrected chi connectivity index (χ3v) is 5.31. The first-order valence-corrected chi connectivity index (χ1v) is 8.47. The van der Waals surface area contributed by atoms with Crippen molar-refractivity contribution >= 4 is 28.1 Å². The van der Waals surface area contributed by atoms with Crippen LogP contribution in [0, 0.1) is 13.8 Å². The number of thiazole rings is 1. The molecule has 0 saturated heterocycles. The molecule has 23 heavy (non-hydrogen) atoms. The summed E-state index contributed by atoms with van der Waals surface area (Å²) in [6, 6.07) is 9.95. The van der Waals surface area contributed by atoms with Gasteiger partial charge in [-0.15, -0.1) is 11.3 Å². The Labute approximate surface area is 140 Å². The lowest BCUT2D eigenvalue weighted by molar-refractivity contribution is 0.0730. The van der Waals surface area contributed by atoms with Gasteiger partial charge in [0.25, 0.3) is 5.91 Å². The van der Waals surface area contributed by atoms with Gasteiger partial charge >= 0.3 is 0 Å². The van der Waals surface area contributed by atoms with Crippen LogP contribution in [-0.2, 0) is 7.05 Å². The van der Waals surface area contributed by atoms with Crippen LogP contribution in [0.3, 0.4) is 0 Å². The van der Waals surface area contributed by atoms with E-state index in [4.69, 9.17) is 0 Å². The van der Waals surface area contributed by atoms with E-state index in [9.17, 15) is 4.79 Å². The van der Waals surface area contributed by atoms with Crippen LogP contribution in [0.5, 0.6) is 0 Å². The Balaban J connectivity index is 1.95. The lowest BCUT2D eigenvalue weighted by Crippen LogP contribution is -2.31. The number of aryl methyl sites for hydroxylation is 3. The summed E-state index contributed by atoms with van der Waals surface area (Å²) in [5, 5.41) is 2.12. The monoisotopic (exact) mass is 327 g/mol. The largest absolute Gasteiger partial charge is 0.340 e. The summed E-state index contributed by atoms with van der Waals surface area (Å²) >= 11 is 1.68. The molecule has 1 aromatic carbocycles. The van der Waals surface area contributed by atoms with E-state index in [-0.39, 0.29) is 11.9 Å². The minimum Gasteiger partial charge on any atom is -0.340 e. The molecule has 0 bridgehead atoms. The first-order valence-electron chi connectivity index (χ1n) is 7.65. The summed E-state index contributed by atoms with van der Waals surface area (Å²) in [4.78, 5) is 20.5. The van der Waals surface area contributed by atoms with E-state index in [0.29, 0.717) is 5.69 Å². The van der Waals surface area contributed by atoms with Gasteiger partial charge < -0.3 is 9.47 Å². The van der Waals surface area contributed by atoms with Crippen LogP contribution in [0.15, 0.2) is 30.3 Å². The third-order valence-electron chi connectivity index (χ3n) is 4.41. The molecule has 0 unspecified atom stereocenters. The van der Waals surface area contributed by atoms with Crippen LogP contribution in [0.1, 0.15) is 39.0 Å². The zero-order valence-electron chi connectivity index (χ0n) is 14.1. The molecule has 0 N–H and O–H groups in total. The summed E-state index contributed by atoms with van der Waals surface area (Å²) in [6.45, 7) is 6.09. The summed E-state index contributed by atoms with van der Waals surface area (Å²) in [7, 11) is 3.78. The van der Waals surface area contributed by atoms with E-state index in [1.807, 2.05) is 62.8 Å². The van der Waals surface area contributed by atoms with E-state index in [0.717, 1.165) is 21.6 Å². The van der Waals surface area contributed by atoms with Crippen molar-refractivity contribution in [3.8, 4) is 0 Å². The zero-order chi connectivity index (χ0) is 16.7. The highest BCUT2D eigenvalue weighted by atomic mass is 32.1. The summed E-state index contributed by atoms with van der Waals surface area (Å²) < 4.78 is 1.96. The number of aromatic nitrogens is 2. The molecule has 1 amide bonds. The SMILES string of the molecule is Cc1nc([C@H](C)N(C)C(=O)c2cc3ccccc3n2C)c(C)s1. The highest BCUT2D eigenvalue weighted by Gasteiger charge is 2.24. The minimum atomic E-state index is -0.0505. The van der Waals surface area contributed by atoms with Gasteiger partial charge in [0.15, 0.2) is 0 Å². The smallest absolute Gasteiger partial charge is 0.270 e. The maximum absolute atomic E-state index is 12.9. The first-order chi connectivity index (χ1) is 10.9. The Morgan fingerprint density at radius 2 is 2.00 bits per heavy atom. The number of carbonyl (C=O) groups is 1. The van der Waals surface area contributed by atoms with Gasteiger partial charge in [-0.2, -0.15) is 0 Å². The zero-order valence-corrected chi connectivity index (χ0v) is 14.9. The molecule has 0 radical (unpaired) electrons. The van der Waals surface area contributed by atoms with Crippen molar-refractivity contribution in [1.82, 2.24) is 14.5 Å². The van der Waals surface area contributed by atoms with Crippen molar-refractivity contribution in [1.29, 1.82) is 0 Å². The molecule has 2 aromatic heterocycles. The lowest BCUT2D eigenvalue weighted by atomic mass is 10.2. The number of benzene rings is 1. The summed E-state index contributed by atoms with van der Waals surface area (Å²) in [6.07, 6.45) is 0. The van der Waals surface area contributed by atoms with Gasteiger partial charge in [-0.3, -0.25) is 4.79 Å². The second-order valence-corrected chi connectivity index (χ2v) is 7.32. The molecule has 0 aliphatic heterocycles. The number of para-hydroxylation sites is 1. The molecule has 5 heteroatoms. The van der Waals surface area contributed by atoms with E-state index >= 15 is 0 Å². The van der Waals surface area contributed by atoms with Crippen LogP contribution < -0.4 is 0 Å². The number of hydrogen-bond donors (Lipinski definition) is 0. The minimum absolute atomic E-state index is 0.0150. The van der Waals surface area contributed by atoms with Crippen molar-refractivity contribution in [3.63, 3.8) is 0 Å². The molecule has 3 rings (SSSR count). The first kappa shape index (κ1) is 15.7. The quantitative estimate of drug-likeness (QED) is 0.727. The predicted molar refractivity (Wildman–Crippen MR) is 95.0 cm³/mol. The Morgan fingerprint density at radius 1 is 1.30 bits per heavy atom. The predicted octanol–water partition coefficient (Wildman–Crippen LogP) is 4.08. The number of fused-ring (bicyclic) bond motifs is 1. The van der Waals surface area contributed by atoms with Gasteiger partial charge in [0, 0.05) is 29.9 Å². The van der Waals surface area contributed by atoms with Crippen molar-refractivity contribution in [2.24, 2.45) is 7.05 Å². The second kappa shape index (κ2) is 5.81. The van der Waals surface area contributed by atoms with Crippen LogP contribution >= 0.6 is 11.3 Å². The Kier molecular flexibility index (Phi) is 3.98. The Hall–Kier alpha value is -2.14. The van der Waals surface area contributed by atoms with Crippen LogP contribution in [0.25, 0.3) is 10.9 Å². The fourth-order valence-corrected chi connectivity index (χ4v) is 3.87. The van der Waals surface area contributed by atoms with Gasteiger partial charge in [0.1, 0.15) is 5.69 Å². The number of nitrogens with zero attached hydrogens (tertiary/aromatic N) is 3. The Morgan fingerprint density at radius 3 is 2.61 bits per heavy atom. The fraction of sp³-hybridized carbons (Fsp3) is 0.333. The highest BCUT2D eigenvalue weighted by Crippen LogP contribution is 2.28. The highest BCUT2D eigenvalue weighted by molar-refractivity contribution is 7.11. The standard InChI is InChI=1S/C18H21N3OS/c1-11(17-12(2)23-13(3)19-17)20(4)18(22)16-10-14-8-6-7-9-15(14)21(16)5/h6-11H,1-5H3/t11-/m0/s1. The molecule has 0 aliphatic carbocycles. The van der Waals surface area contributed by atoms with Crippen molar-refractivity contribution in [2.45, 2.75) is 26.8 Å². The van der Waals surface area contributed by atoms with E-state index in [1.54, 1.807) is 16.2 Å². The molecule has 120 valence electrons. The third kappa shape index (κ3) is 2.65. The van der Waals surface area contributed by atoms with Gasteiger partial charge in [0.2, 0.25) is 0 Å². The van der Waals surface area contributed by atoms with Crippen LogP contribution in [0.2, 0.25) is 0 Å². The number of amides is 1. The molecule has 3 aromatic rings. The molecule has 1 atom stereocenters. The normalized spacial score (nSPS) is 12.6. The maximum atomic E-state index is 12.9. The van der Waals surface area contributed by atoms with E-state index < -0.39 is 0 Å². The van der Waals surface area contributed by atoms with Crippen molar-refractivity contribution in [3.05, 3.63) is 51.6 Å². The van der Waals surface area contributed by atoms with E-state index in [2.05, 4.69) is 11.9 Å². The second-order valence-electron chi connectivity index (χ2n) is 5.91.